The number of methoxy groups -OCH3 is 2. The van der Waals surface area contributed by atoms with Gasteiger partial charge in [-0.1, -0.05) is 11.6 Å². The number of rotatable bonds is 5. The molecule has 0 saturated carbocycles. The zero-order valence-corrected chi connectivity index (χ0v) is 18.8. The molecular formula is C23H25ClN3O5+. The van der Waals surface area contributed by atoms with Crippen molar-refractivity contribution in [2.75, 3.05) is 32.6 Å². The van der Waals surface area contributed by atoms with Crippen molar-refractivity contribution in [3.63, 3.8) is 0 Å². The second-order valence-electron chi connectivity index (χ2n) is 7.88. The summed E-state index contributed by atoms with van der Waals surface area (Å²) in [4.78, 5) is 29.3. The van der Waals surface area contributed by atoms with Crippen LogP contribution in [0.2, 0.25) is 5.02 Å². The van der Waals surface area contributed by atoms with Crippen LogP contribution in [0.5, 0.6) is 11.5 Å². The van der Waals surface area contributed by atoms with Crippen LogP contribution in [-0.2, 0) is 16.0 Å². The number of aromatic nitrogens is 1. The standard InChI is InChI=1S/C23H24ClN3O5/c1-12-15-10-19(31-2)18(28)8-13(15)6-7-27(12)11-20(29)26-21-16-9-14(24)4-5-17(16)25-22(21)23(30)32-3/h4-5,8-10,12,25,28H,6-7,11H2,1-3H3,(H,26,29)/p+1/t12-/m1/s1. The SMILES string of the molecule is COC(=O)c1[nH]c2ccc(Cl)cc2c1NC(=O)C[NH+]1CCc2cc(O)c(OC)cc2[C@H]1C. The Bertz CT molecular complexity index is 1210. The quantitative estimate of drug-likeness (QED) is 0.440. The Morgan fingerprint density at radius 1 is 1.28 bits per heavy atom. The average molecular weight is 459 g/mol. The van der Waals surface area contributed by atoms with E-state index in [1.807, 2.05) is 13.0 Å². The lowest BCUT2D eigenvalue weighted by Gasteiger charge is -2.32. The number of carbonyl (C=O) groups excluding carboxylic acids is 2. The molecule has 2 aromatic carbocycles. The number of hydrogen-bond donors (Lipinski definition) is 4. The number of aromatic hydroxyl groups is 1. The number of amides is 1. The van der Waals surface area contributed by atoms with Crippen LogP contribution in [0.3, 0.4) is 0 Å². The molecule has 1 aliphatic heterocycles. The van der Waals surface area contributed by atoms with Gasteiger partial charge >= 0.3 is 5.97 Å². The number of carbonyl (C=O) groups is 2. The molecule has 0 radical (unpaired) electrons. The van der Waals surface area contributed by atoms with Crippen molar-refractivity contribution < 1.29 is 29.1 Å². The molecule has 4 rings (SSSR count). The highest BCUT2D eigenvalue weighted by molar-refractivity contribution is 6.31. The van der Waals surface area contributed by atoms with Gasteiger partial charge in [0.05, 0.1) is 26.5 Å². The van der Waals surface area contributed by atoms with Gasteiger partial charge in [-0.15, -0.1) is 0 Å². The van der Waals surface area contributed by atoms with Gasteiger partial charge in [0.25, 0.3) is 5.91 Å². The van der Waals surface area contributed by atoms with Gasteiger partial charge in [0.1, 0.15) is 11.7 Å². The van der Waals surface area contributed by atoms with Gasteiger partial charge in [-0.2, -0.15) is 0 Å². The molecule has 1 aliphatic rings. The van der Waals surface area contributed by atoms with Crippen LogP contribution < -0.4 is 15.0 Å². The number of phenols is 1. The Hall–Kier alpha value is -3.23. The lowest BCUT2D eigenvalue weighted by atomic mass is 9.93. The Labute approximate surface area is 190 Å². The zero-order valence-electron chi connectivity index (χ0n) is 18.0. The van der Waals surface area contributed by atoms with Crippen molar-refractivity contribution in [3.05, 3.63) is 52.2 Å². The highest BCUT2D eigenvalue weighted by Gasteiger charge is 2.31. The zero-order chi connectivity index (χ0) is 23.0. The van der Waals surface area contributed by atoms with Gasteiger partial charge in [0.2, 0.25) is 0 Å². The number of ether oxygens (including phenoxy) is 2. The van der Waals surface area contributed by atoms with Gasteiger partial charge in [-0.05, 0) is 42.8 Å². The summed E-state index contributed by atoms with van der Waals surface area (Å²) in [6.45, 7) is 2.98. The predicted molar refractivity (Wildman–Crippen MR) is 121 cm³/mol. The number of H-pyrrole nitrogens is 1. The van der Waals surface area contributed by atoms with Crippen molar-refractivity contribution in [1.29, 1.82) is 0 Å². The smallest absolute Gasteiger partial charge is 0.356 e. The van der Waals surface area contributed by atoms with Crippen molar-refractivity contribution in [1.82, 2.24) is 4.98 Å². The van der Waals surface area contributed by atoms with Gasteiger partial charge < -0.3 is 29.8 Å². The summed E-state index contributed by atoms with van der Waals surface area (Å²) in [6.07, 6.45) is 0.732. The molecule has 2 atom stereocenters. The van der Waals surface area contributed by atoms with E-state index in [2.05, 4.69) is 10.3 Å². The highest BCUT2D eigenvalue weighted by atomic mass is 35.5. The molecule has 0 fully saturated rings. The van der Waals surface area contributed by atoms with Crippen LogP contribution in [0.25, 0.3) is 10.9 Å². The molecule has 4 N–H and O–H groups in total. The van der Waals surface area contributed by atoms with E-state index in [4.69, 9.17) is 21.1 Å². The molecule has 3 aromatic rings. The lowest BCUT2D eigenvalue weighted by molar-refractivity contribution is -0.924. The maximum Gasteiger partial charge on any atom is 0.356 e. The fourth-order valence-electron chi connectivity index (χ4n) is 4.32. The fraction of sp³-hybridized carbons (Fsp3) is 0.304. The molecule has 0 bridgehead atoms. The number of benzene rings is 2. The lowest BCUT2D eigenvalue weighted by Crippen LogP contribution is -3.14. The predicted octanol–water partition coefficient (Wildman–Crippen LogP) is 2.46. The van der Waals surface area contributed by atoms with Crippen LogP contribution in [0, 0.1) is 0 Å². The summed E-state index contributed by atoms with van der Waals surface area (Å²) in [5.74, 6) is -0.271. The Morgan fingerprint density at radius 2 is 2.06 bits per heavy atom. The molecule has 9 heteroatoms. The maximum atomic E-state index is 13.0. The molecule has 2 heterocycles. The van der Waals surface area contributed by atoms with Gasteiger partial charge in [0, 0.05) is 27.9 Å². The van der Waals surface area contributed by atoms with Crippen molar-refractivity contribution in [2.24, 2.45) is 0 Å². The minimum atomic E-state index is -0.577. The molecule has 1 aromatic heterocycles. The van der Waals surface area contributed by atoms with Crippen LogP contribution in [-0.4, -0.2) is 49.3 Å². The van der Waals surface area contributed by atoms with E-state index >= 15 is 0 Å². The van der Waals surface area contributed by atoms with E-state index < -0.39 is 5.97 Å². The van der Waals surface area contributed by atoms with Crippen LogP contribution in [0.1, 0.15) is 34.6 Å². The normalized spacial score (nSPS) is 17.6. The second kappa shape index (κ2) is 8.72. The summed E-state index contributed by atoms with van der Waals surface area (Å²) in [5, 5.41) is 14.1. The molecule has 168 valence electrons. The fourth-order valence-corrected chi connectivity index (χ4v) is 4.49. The topological polar surface area (TPSA) is 105 Å². The van der Waals surface area contributed by atoms with E-state index in [0.717, 1.165) is 29.0 Å². The summed E-state index contributed by atoms with van der Waals surface area (Å²) in [6, 6.07) is 8.74. The van der Waals surface area contributed by atoms with Crippen molar-refractivity contribution in [2.45, 2.75) is 19.4 Å². The van der Waals surface area contributed by atoms with Gasteiger partial charge in [0.15, 0.2) is 18.0 Å². The molecule has 8 nitrogen and oxygen atoms in total. The van der Waals surface area contributed by atoms with E-state index in [1.165, 1.54) is 14.2 Å². The Kier molecular flexibility index (Phi) is 5.99. The monoisotopic (exact) mass is 458 g/mol. The van der Waals surface area contributed by atoms with E-state index in [9.17, 15) is 14.7 Å². The molecule has 32 heavy (non-hydrogen) atoms. The second-order valence-corrected chi connectivity index (χ2v) is 8.32. The largest absolute Gasteiger partial charge is 0.504 e. The minimum Gasteiger partial charge on any atom is -0.504 e. The number of aromatic amines is 1. The molecule has 0 aliphatic carbocycles. The summed E-state index contributed by atoms with van der Waals surface area (Å²) in [5.41, 5.74) is 3.30. The molecule has 0 saturated heterocycles. The third-order valence-corrected chi connectivity index (χ3v) is 6.27. The maximum absolute atomic E-state index is 13.0. The third-order valence-electron chi connectivity index (χ3n) is 6.04. The number of esters is 1. The summed E-state index contributed by atoms with van der Waals surface area (Å²) < 4.78 is 10.1. The Morgan fingerprint density at radius 3 is 2.78 bits per heavy atom. The summed E-state index contributed by atoms with van der Waals surface area (Å²) in [7, 11) is 2.80. The molecule has 0 spiro atoms. The van der Waals surface area contributed by atoms with Gasteiger partial charge in [-0.25, -0.2) is 4.79 Å². The number of nitrogens with one attached hydrogen (secondary N) is 3. The number of hydrogen-bond acceptors (Lipinski definition) is 5. The van der Waals surface area contributed by atoms with E-state index in [0.29, 0.717) is 27.4 Å². The first-order valence-corrected chi connectivity index (χ1v) is 10.6. The number of halogens is 1. The van der Waals surface area contributed by atoms with Crippen LogP contribution in [0.4, 0.5) is 5.69 Å². The summed E-state index contributed by atoms with van der Waals surface area (Å²) >= 11 is 6.13. The first kappa shape index (κ1) is 22.0. The number of fused-ring (bicyclic) bond motifs is 2. The van der Waals surface area contributed by atoms with Gasteiger partial charge in [-0.3, -0.25) is 4.79 Å². The number of anilines is 1. The highest BCUT2D eigenvalue weighted by Crippen LogP contribution is 2.33. The van der Waals surface area contributed by atoms with Crippen molar-refractivity contribution in [3.8, 4) is 11.5 Å². The molecular weight excluding hydrogens is 434 g/mol. The first-order valence-electron chi connectivity index (χ1n) is 10.3. The average Bonchev–Trinajstić information content (AvgIpc) is 3.12. The van der Waals surface area contributed by atoms with Crippen molar-refractivity contribution >= 4 is 40.1 Å². The van der Waals surface area contributed by atoms with E-state index in [1.54, 1.807) is 24.3 Å². The number of quaternary nitrogens is 1. The molecule has 1 unspecified atom stereocenters. The van der Waals surface area contributed by atoms with Crippen LogP contribution >= 0.6 is 11.6 Å². The minimum absolute atomic E-state index is 0.0245. The van der Waals surface area contributed by atoms with Crippen LogP contribution in [0.15, 0.2) is 30.3 Å². The third kappa shape index (κ3) is 3.99. The van der Waals surface area contributed by atoms with E-state index in [-0.39, 0.29) is 29.9 Å². The Balaban J connectivity index is 1.58. The first-order chi connectivity index (χ1) is 15.3. The molecule has 1 amide bonds. The number of phenolic OH excluding ortho intramolecular Hbond substituents is 1.